The van der Waals surface area contributed by atoms with E-state index in [0.717, 1.165) is 0 Å². The fraction of sp³-hybridized carbons (Fsp3) is 0.375. The summed E-state index contributed by atoms with van der Waals surface area (Å²) in [6.07, 6.45) is -0.341. The molecule has 140 valence electrons. The van der Waals surface area contributed by atoms with Crippen molar-refractivity contribution in [3.63, 3.8) is 0 Å². The molecular formula is C16H17N7O4. The number of hydrogen-bond donors (Lipinski definition) is 4. The first kappa shape index (κ1) is 17.5. The minimum Gasteiger partial charge on any atom is -0.394 e. The van der Waals surface area contributed by atoms with Gasteiger partial charge in [0.15, 0.2) is 6.23 Å². The van der Waals surface area contributed by atoms with Gasteiger partial charge in [-0.3, -0.25) is 0 Å². The Balaban J connectivity index is 2.06. The summed E-state index contributed by atoms with van der Waals surface area (Å²) < 4.78 is 7.22. The van der Waals surface area contributed by atoms with Crippen LogP contribution in [0.3, 0.4) is 0 Å². The molecule has 4 rings (SSSR count). The van der Waals surface area contributed by atoms with E-state index < -0.39 is 30.6 Å². The van der Waals surface area contributed by atoms with Crippen LogP contribution in [0.2, 0.25) is 0 Å². The highest BCUT2D eigenvalue weighted by atomic mass is 16.6. The Morgan fingerprint density at radius 1 is 1.52 bits per heavy atom. The summed E-state index contributed by atoms with van der Waals surface area (Å²) in [5, 5.41) is 35.8. The summed E-state index contributed by atoms with van der Waals surface area (Å²) in [6.45, 7) is 4.81. The van der Waals surface area contributed by atoms with Crippen LogP contribution in [0.1, 0.15) is 13.2 Å². The summed E-state index contributed by atoms with van der Waals surface area (Å²) in [5.41, 5.74) is 8.36. The number of hydrogen-bond acceptors (Lipinski definition) is 7. The normalized spacial score (nSPS) is 27.9. The molecule has 0 aliphatic carbocycles. The Morgan fingerprint density at radius 2 is 2.30 bits per heavy atom. The lowest BCUT2D eigenvalue weighted by Crippen LogP contribution is -2.44. The van der Waals surface area contributed by atoms with Gasteiger partial charge in [0.25, 0.3) is 0 Å². The Labute approximate surface area is 151 Å². The minimum atomic E-state index is -1.69. The summed E-state index contributed by atoms with van der Waals surface area (Å²) >= 11 is 0. The fourth-order valence-electron chi connectivity index (χ4n) is 3.50. The zero-order chi connectivity index (χ0) is 19.3. The zero-order valence-corrected chi connectivity index (χ0v) is 14.3. The Kier molecular flexibility index (Phi) is 3.91. The lowest BCUT2D eigenvalue weighted by Gasteiger charge is -2.27. The van der Waals surface area contributed by atoms with Crippen LogP contribution in [-0.2, 0) is 4.74 Å². The number of aromatic nitrogens is 4. The van der Waals surface area contributed by atoms with Crippen molar-refractivity contribution in [2.45, 2.75) is 31.0 Å². The number of aromatic amines is 1. The summed E-state index contributed by atoms with van der Waals surface area (Å²) in [5.74, 6) is 0. The molecule has 0 bridgehead atoms. The van der Waals surface area contributed by atoms with Crippen molar-refractivity contribution < 1.29 is 20.1 Å². The summed E-state index contributed by atoms with van der Waals surface area (Å²) in [4.78, 5) is 14.4. The van der Waals surface area contributed by atoms with Crippen LogP contribution in [-0.4, -0.2) is 59.3 Å². The van der Waals surface area contributed by atoms with E-state index in [1.807, 2.05) is 0 Å². The standard InChI is InChI=1S/C16H17N7O4/c1-7-3-9(21-22-17)8-4-23(14-11(8)13(20-7)18-6-19-14)15-16(2,26)12(25)10(5-24)27-15/h3-4,6,10,12,15,24-26H,1,5H2,2H3,(H,18,19,20)/t10-,12-,15-,16+/m1/s1. The summed E-state index contributed by atoms with van der Waals surface area (Å²) in [6, 6.07) is 1.57. The summed E-state index contributed by atoms with van der Waals surface area (Å²) in [7, 11) is 0. The number of H-pyrrole nitrogens is 1. The number of aliphatic hydroxyl groups excluding tert-OH is 2. The fourth-order valence-corrected chi connectivity index (χ4v) is 3.50. The van der Waals surface area contributed by atoms with Crippen molar-refractivity contribution >= 4 is 34.3 Å². The van der Waals surface area contributed by atoms with Crippen LogP contribution in [0.4, 0.5) is 5.69 Å². The quantitative estimate of drug-likeness (QED) is 0.298. The van der Waals surface area contributed by atoms with E-state index in [2.05, 4.69) is 31.6 Å². The predicted octanol–water partition coefficient (Wildman–Crippen LogP) is 0.547. The van der Waals surface area contributed by atoms with Crippen LogP contribution in [0, 0.1) is 0 Å². The second-order valence-corrected chi connectivity index (χ2v) is 6.62. The van der Waals surface area contributed by atoms with Crippen molar-refractivity contribution in [3.05, 3.63) is 34.4 Å². The molecule has 3 aromatic heterocycles. The van der Waals surface area contributed by atoms with Crippen molar-refractivity contribution in [2.24, 2.45) is 5.11 Å². The molecule has 1 aliphatic heterocycles. The lowest BCUT2D eigenvalue weighted by molar-refractivity contribution is -0.0947. The van der Waals surface area contributed by atoms with E-state index >= 15 is 0 Å². The van der Waals surface area contributed by atoms with Crippen LogP contribution in [0.25, 0.3) is 39.1 Å². The number of nitrogens with zero attached hydrogens (tertiary/aromatic N) is 6. The van der Waals surface area contributed by atoms with Gasteiger partial charge in [-0.25, -0.2) is 9.97 Å². The number of nitrogens with one attached hydrogen (secondary N) is 1. The zero-order valence-electron chi connectivity index (χ0n) is 14.3. The van der Waals surface area contributed by atoms with Gasteiger partial charge in [0.1, 0.15) is 35.4 Å². The van der Waals surface area contributed by atoms with Crippen molar-refractivity contribution in [2.75, 3.05) is 6.61 Å². The van der Waals surface area contributed by atoms with E-state index in [9.17, 15) is 15.3 Å². The maximum Gasteiger partial charge on any atom is 0.167 e. The highest BCUT2D eigenvalue weighted by Gasteiger charge is 2.53. The molecule has 0 spiro atoms. The van der Waals surface area contributed by atoms with Gasteiger partial charge in [0, 0.05) is 27.5 Å². The number of ether oxygens (including phenoxy) is 1. The molecule has 11 heteroatoms. The second-order valence-electron chi connectivity index (χ2n) is 6.62. The molecule has 0 aromatic carbocycles. The molecule has 4 heterocycles. The highest BCUT2D eigenvalue weighted by Crippen LogP contribution is 2.41. The molecule has 11 nitrogen and oxygen atoms in total. The van der Waals surface area contributed by atoms with E-state index in [1.165, 1.54) is 17.8 Å². The third-order valence-corrected chi connectivity index (χ3v) is 4.81. The molecular weight excluding hydrogens is 354 g/mol. The Morgan fingerprint density at radius 3 is 2.96 bits per heavy atom. The molecule has 4 atom stereocenters. The molecule has 1 aliphatic rings. The maximum atomic E-state index is 10.8. The molecule has 0 unspecified atom stereocenters. The first-order valence-corrected chi connectivity index (χ1v) is 8.14. The molecule has 0 radical (unpaired) electrons. The first-order valence-electron chi connectivity index (χ1n) is 8.14. The van der Waals surface area contributed by atoms with Crippen LogP contribution >= 0.6 is 0 Å². The smallest absolute Gasteiger partial charge is 0.167 e. The van der Waals surface area contributed by atoms with Gasteiger partial charge >= 0.3 is 0 Å². The van der Waals surface area contributed by atoms with Crippen LogP contribution in [0.15, 0.2) is 23.7 Å². The van der Waals surface area contributed by atoms with Gasteiger partial charge in [-0.1, -0.05) is 11.7 Å². The van der Waals surface area contributed by atoms with Gasteiger partial charge in [0.2, 0.25) is 0 Å². The molecule has 3 aromatic rings. The SMILES string of the molecule is C=c1cc(N=[N+]=[N-])c2cn([C@@H]3O[C@H](CO)[C@@H](O)[C@]3(C)O)c3ncnc([nH]1)c23. The third kappa shape index (κ3) is 2.49. The average molecular weight is 371 g/mol. The van der Waals surface area contributed by atoms with E-state index in [4.69, 9.17) is 10.3 Å². The third-order valence-electron chi connectivity index (χ3n) is 4.81. The largest absolute Gasteiger partial charge is 0.394 e. The number of aliphatic hydroxyl groups is 3. The van der Waals surface area contributed by atoms with Gasteiger partial charge in [0.05, 0.1) is 12.0 Å². The lowest BCUT2D eigenvalue weighted by atomic mass is 9.96. The predicted molar refractivity (Wildman–Crippen MR) is 95.4 cm³/mol. The highest BCUT2D eigenvalue weighted by molar-refractivity contribution is 6.08. The Bertz CT molecular complexity index is 1140. The maximum absolute atomic E-state index is 10.8. The molecule has 0 saturated carbocycles. The molecule has 0 amide bonds. The molecule has 1 fully saturated rings. The molecule has 27 heavy (non-hydrogen) atoms. The van der Waals surface area contributed by atoms with Crippen LogP contribution in [0.5, 0.6) is 0 Å². The average Bonchev–Trinajstić information content (AvgIpc) is 3.06. The van der Waals surface area contributed by atoms with Gasteiger partial charge in [-0.2, -0.15) is 0 Å². The topological polar surface area (TPSA) is 165 Å². The molecule has 1 saturated heterocycles. The van der Waals surface area contributed by atoms with Crippen molar-refractivity contribution in [3.8, 4) is 0 Å². The van der Waals surface area contributed by atoms with Crippen molar-refractivity contribution in [1.82, 2.24) is 19.5 Å². The minimum absolute atomic E-state index is 0.296. The van der Waals surface area contributed by atoms with Gasteiger partial charge < -0.3 is 29.6 Å². The first-order chi connectivity index (χ1) is 12.9. The number of rotatable bonds is 3. The molecule has 4 N–H and O–H groups in total. The Hall–Kier alpha value is -2.95. The van der Waals surface area contributed by atoms with E-state index in [1.54, 1.807) is 12.3 Å². The van der Waals surface area contributed by atoms with E-state index in [-0.39, 0.29) is 0 Å². The van der Waals surface area contributed by atoms with Crippen LogP contribution < -0.4 is 5.35 Å². The van der Waals surface area contributed by atoms with Crippen molar-refractivity contribution in [1.29, 1.82) is 0 Å². The van der Waals surface area contributed by atoms with Gasteiger partial charge in [-0.05, 0) is 18.5 Å². The van der Waals surface area contributed by atoms with E-state index in [0.29, 0.717) is 33.1 Å². The number of azide groups is 1. The monoisotopic (exact) mass is 371 g/mol. The van der Waals surface area contributed by atoms with Gasteiger partial charge in [-0.15, -0.1) is 0 Å². The second kappa shape index (κ2) is 6.05.